The molecule has 2 aromatic heterocycles. The third-order valence-corrected chi connectivity index (χ3v) is 5.43. The molecule has 0 bridgehead atoms. The summed E-state index contributed by atoms with van der Waals surface area (Å²) < 4.78 is 3.13. The number of carbonyl (C=O) groups excluding carboxylic acids is 1. The minimum absolute atomic E-state index is 0.178. The van der Waals surface area contributed by atoms with E-state index in [2.05, 4.69) is 15.4 Å². The fourth-order valence-corrected chi connectivity index (χ4v) is 3.50. The monoisotopic (exact) mass is 467 g/mol. The van der Waals surface area contributed by atoms with Crippen molar-refractivity contribution >= 4 is 46.2 Å². The molecule has 0 aliphatic heterocycles. The molecule has 7 nitrogen and oxygen atoms in total. The van der Waals surface area contributed by atoms with Crippen molar-refractivity contribution in [1.29, 1.82) is 0 Å². The fourth-order valence-electron chi connectivity index (χ4n) is 3.18. The summed E-state index contributed by atoms with van der Waals surface area (Å²) in [6.07, 6.45) is 6.09. The van der Waals surface area contributed by atoms with Gasteiger partial charge >= 0.3 is 0 Å². The van der Waals surface area contributed by atoms with E-state index in [1.807, 2.05) is 30.3 Å². The average Bonchev–Trinajstić information content (AvgIpc) is 3.20. The van der Waals surface area contributed by atoms with Gasteiger partial charge in [0.2, 0.25) is 5.91 Å². The molecule has 2 heterocycles. The molecule has 0 spiro atoms. The Kier molecular flexibility index (Phi) is 6.68. The van der Waals surface area contributed by atoms with E-state index < -0.39 is 0 Å². The lowest BCUT2D eigenvalue weighted by Crippen LogP contribution is -2.26. The number of halogens is 2. The third kappa shape index (κ3) is 5.07. The molecule has 9 heteroatoms. The summed E-state index contributed by atoms with van der Waals surface area (Å²) in [5.41, 5.74) is 2.00. The van der Waals surface area contributed by atoms with Gasteiger partial charge in [-0.2, -0.15) is 5.10 Å². The van der Waals surface area contributed by atoms with E-state index in [0.717, 1.165) is 11.1 Å². The van der Waals surface area contributed by atoms with Crippen LogP contribution in [0.5, 0.6) is 0 Å². The SMILES string of the molecule is O=C(/C=C/c1ccccc1Cl)NCCn1ncc2c(=O)n(Cc3ccc(Cl)cc3)cnc21. The molecular weight excluding hydrogens is 449 g/mol. The molecule has 0 atom stereocenters. The molecule has 162 valence electrons. The van der Waals surface area contributed by atoms with Crippen LogP contribution in [-0.4, -0.2) is 31.8 Å². The highest BCUT2D eigenvalue weighted by molar-refractivity contribution is 6.32. The number of fused-ring (bicyclic) bond motifs is 1. The summed E-state index contributed by atoms with van der Waals surface area (Å²) in [4.78, 5) is 29.3. The first-order valence-electron chi connectivity index (χ1n) is 9.87. The fraction of sp³-hybridized carbons (Fsp3) is 0.130. The lowest BCUT2D eigenvalue weighted by molar-refractivity contribution is -0.116. The van der Waals surface area contributed by atoms with Crippen LogP contribution >= 0.6 is 23.2 Å². The Hall–Kier alpha value is -3.42. The maximum atomic E-state index is 12.8. The highest BCUT2D eigenvalue weighted by atomic mass is 35.5. The van der Waals surface area contributed by atoms with Crippen LogP contribution in [-0.2, 0) is 17.9 Å². The van der Waals surface area contributed by atoms with Gasteiger partial charge in [-0.1, -0.05) is 53.5 Å². The number of nitrogens with zero attached hydrogens (tertiary/aromatic N) is 4. The van der Waals surface area contributed by atoms with E-state index >= 15 is 0 Å². The van der Waals surface area contributed by atoms with E-state index in [0.29, 0.717) is 40.7 Å². The topological polar surface area (TPSA) is 81.8 Å². The Morgan fingerprint density at radius 1 is 1.09 bits per heavy atom. The van der Waals surface area contributed by atoms with E-state index in [9.17, 15) is 9.59 Å². The number of benzene rings is 2. The summed E-state index contributed by atoms with van der Waals surface area (Å²) >= 11 is 12.0. The minimum atomic E-state index is -0.250. The highest BCUT2D eigenvalue weighted by Crippen LogP contribution is 2.16. The molecule has 0 aliphatic carbocycles. The van der Waals surface area contributed by atoms with Gasteiger partial charge < -0.3 is 5.32 Å². The van der Waals surface area contributed by atoms with E-state index in [1.165, 1.54) is 23.2 Å². The van der Waals surface area contributed by atoms with Crippen LogP contribution in [0.15, 0.2) is 71.9 Å². The predicted molar refractivity (Wildman–Crippen MR) is 126 cm³/mol. The molecule has 0 saturated carbocycles. The van der Waals surface area contributed by atoms with Crippen LogP contribution in [0.1, 0.15) is 11.1 Å². The molecule has 4 rings (SSSR count). The van der Waals surface area contributed by atoms with Gasteiger partial charge in [0.05, 0.1) is 19.3 Å². The van der Waals surface area contributed by atoms with Crippen molar-refractivity contribution in [2.75, 3.05) is 6.54 Å². The molecule has 0 unspecified atom stereocenters. The summed E-state index contributed by atoms with van der Waals surface area (Å²) in [7, 11) is 0. The van der Waals surface area contributed by atoms with Crippen molar-refractivity contribution in [3.8, 4) is 0 Å². The molecular formula is C23H19Cl2N5O2. The molecule has 4 aromatic rings. The Labute approximate surface area is 193 Å². The number of carbonyl (C=O) groups is 1. The maximum absolute atomic E-state index is 12.8. The number of aromatic nitrogens is 4. The Balaban J connectivity index is 1.39. The lowest BCUT2D eigenvalue weighted by atomic mass is 10.2. The number of hydrogen-bond donors (Lipinski definition) is 1. The van der Waals surface area contributed by atoms with Crippen molar-refractivity contribution in [3.05, 3.63) is 98.7 Å². The zero-order valence-corrected chi connectivity index (χ0v) is 18.4. The first-order valence-corrected chi connectivity index (χ1v) is 10.6. The summed E-state index contributed by atoms with van der Waals surface area (Å²) in [5.74, 6) is -0.250. The Morgan fingerprint density at radius 3 is 2.66 bits per heavy atom. The number of rotatable bonds is 7. The second-order valence-electron chi connectivity index (χ2n) is 7.05. The zero-order chi connectivity index (χ0) is 22.5. The number of amides is 1. The van der Waals surface area contributed by atoms with Gasteiger partial charge in [0.25, 0.3) is 5.56 Å². The molecule has 0 fully saturated rings. The van der Waals surface area contributed by atoms with Crippen molar-refractivity contribution < 1.29 is 4.79 Å². The molecule has 0 saturated heterocycles. The van der Waals surface area contributed by atoms with Gasteiger partial charge in [0.15, 0.2) is 5.65 Å². The molecule has 1 amide bonds. The zero-order valence-electron chi connectivity index (χ0n) is 16.9. The highest BCUT2D eigenvalue weighted by Gasteiger charge is 2.10. The van der Waals surface area contributed by atoms with Crippen LogP contribution in [0.25, 0.3) is 17.1 Å². The van der Waals surface area contributed by atoms with Crippen LogP contribution in [0.3, 0.4) is 0 Å². The molecule has 32 heavy (non-hydrogen) atoms. The third-order valence-electron chi connectivity index (χ3n) is 4.83. The predicted octanol–water partition coefficient (Wildman–Crippen LogP) is 3.78. The van der Waals surface area contributed by atoms with Crippen molar-refractivity contribution in [1.82, 2.24) is 24.6 Å². The van der Waals surface area contributed by atoms with Gasteiger partial charge in [-0.3, -0.25) is 14.2 Å². The quantitative estimate of drug-likeness (QED) is 0.419. The lowest BCUT2D eigenvalue weighted by Gasteiger charge is -2.07. The molecule has 0 radical (unpaired) electrons. The largest absolute Gasteiger partial charge is 0.351 e. The van der Waals surface area contributed by atoms with E-state index in [-0.39, 0.29) is 11.5 Å². The van der Waals surface area contributed by atoms with Crippen molar-refractivity contribution in [3.63, 3.8) is 0 Å². The Bertz CT molecular complexity index is 1340. The summed E-state index contributed by atoms with van der Waals surface area (Å²) in [6, 6.07) is 14.6. The molecule has 0 aliphatic rings. The van der Waals surface area contributed by atoms with Crippen molar-refractivity contribution in [2.45, 2.75) is 13.1 Å². The molecule has 2 aromatic carbocycles. The van der Waals surface area contributed by atoms with Gasteiger partial charge in [-0.25, -0.2) is 9.67 Å². The second-order valence-corrected chi connectivity index (χ2v) is 7.90. The average molecular weight is 468 g/mol. The van der Waals surface area contributed by atoms with Crippen molar-refractivity contribution in [2.24, 2.45) is 0 Å². The van der Waals surface area contributed by atoms with Gasteiger partial charge in [-0.05, 0) is 35.4 Å². The van der Waals surface area contributed by atoms with Gasteiger partial charge in [0.1, 0.15) is 11.7 Å². The summed E-state index contributed by atoms with van der Waals surface area (Å²) in [6.45, 7) is 1.10. The number of hydrogen-bond acceptors (Lipinski definition) is 4. The van der Waals surface area contributed by atoms with Crippen LogP contribution in [0.2, 0.25) is 10.0 Å². The first-order chi connectivity index (χ1) is 15.5. The first kappa shape index (κ1) is 21.8. The second kappa shape index (κ2) is 9.80. The van der Waals surface area contributed by atoms with Gasteiger partial charge in [-0.15, -0.1) is 0 Å². The molecule has 1 N–H and O–H groups in total. The minimum Gasteiger partial charge on any atom is -0.351 e. The normalized spacial score (nSPS) is 11.3. The van der Waals surface area contributed by atoms with E-state index in [4.69, 9.17) is 23.2 Å². The Morgan fingerprint density at radius 2 is 1.88 bits per heavy atom. The van der Waals surface area contributed by atoms with Crippen LogP contribution in [0, 0.1) is 0 Å². The maximum Gasteiger partial charge on any atom is 0.264 e. The number of nitrogens with one attached hydrogen (secondary N) is 1. The smallest absolute Gasteiger partial charge is 0.264 e. The van der Waals surface area contributed by atoms with Gasteiger partial charge in [0, 0.05) is 22.7 Å². The van der Waals surface area contributed by atoms with E-state index in [1.54, 1.807) is 29.0 Å². The summed E-state index contributed by atoms with van der Waals surface area (Å²) in [5, 5.41) is 8.68. The standard InChI is InChI=1S/C23H19Cl2N5O2/c24-18-8-5-16(6-9-18)14-29-15-27-22-19(23(29)32)13-28-30(22)12-11-26-21(31)10-7-17-3-1-2-4-20(17)25/h1-10,13,15H,11-12,14H2,(H,26,31)/b10-7+. The van der Waals surface area contributed by atoms with Crippen LogP contribution < -0.4 is 10.9 Å². The van der Waals surface area contributed by atoms with Crippen LogP contribution in [0.4, 0.5) is 0 Å².